The van der Waals surface area contributed by atoms with E-state index in [0.717, 1.165) is 0 Å². The molecule has 9 nitrogen and oxygen atoms in total. The largest absolute Gasteiger partial charge is 0.497 e. The molecule has 2 N–H and O–H groups in total. The van der Waals surface area contributed by atoms with Gasteiger partial charge in [-0.25, -0.2) is 8.42 Å². The van der Waals surface area contributed by atoms with E-state index in [9.17, 15) is 18.0 Å². The number of nitrogens with one attached hydrogen (secondary N) is 2. The molecular weight excluding hydrogens is 434 g/mol. The van der Waals surface area contributed by atoms with Crippen molar-refractivity contribution in [3.63, 3.8) is 0 Å². The van der Waals surface area contributed by atoms with E-state index in [4.69, 9.17) is 9.47 Å². The molecule has 0 radical (unpaired) electrons. The first-order valence-corrected chi connectivity index (χ1v) is 11.8. The van der Waals surface area contributed by atoms with Gasteiger partial charge >= 0.3 is 0 Å². The molecule has 0 aromatic heterocycles. The standard InChI is InChI=1S/C22H25N3O6S/c1-14-21(26)24-19-12-18(9-10-20(19)31-14)32(28,29)25-11-3-4-15(13-25)22(27)23-16-5-7-17(30-2)8-6-16/h5-10,12,14-15H,3-4,11,13H2,1-2H3,(H,23,27)(H,24,26)/t14-,15-/m0/s1. The summed E-state index contributed by atoms with van der Waals surface area (Å²) in [5.74, 6) is 0.0723. The van der Waals surface area contributed by atoms with Gasteiger partial charge in [-0.3, -0.25) is 9.59 Å². The topological polar surface area (TPSA) is 114 Å². The fraction of sp³-hybridized carbons (Fsp3) is 0.364. The van der Waals surface area contributed by atoms with Gasteiger partial charge in [-0.15, -0.1) is 0 Å². The van der Waals surface area contributed by atoms with Crippen LogP contribution in [0.4, 0.5) is 11.4 Å². The average molecular weight is 460 g/mol. The highest BCUT2D eigenvalue weighted by atomic mass is 32.2. The van der Waals surface area contributed by atoms with Crippen LogP contribution in [0.25, 0.3) is 0 Å². The third-order valence-corrected chi connectivity index (χ3v) is 7.49. The number of anilines is 2. The molecule has 2 heterocycles. The van der Waals surface area contributed by atoms with Gasteiger partial charge in [0.25, 0.3) is 5.91 Å². The Balaban J connectivity index is 1.48. The molecule has 0 aliphatic carbocycles. The lowest BCUT2D eigenvalue weighted by Gasteiger charge is -2.31. The summed E-state index contributed by atoms with van der Waals surface area (Å²) in [6.07, 6.45) is 0.527. The SMILES string of the molecule is COc1ccc(NC(=O)[C@H]2CCCN(S(=O)(=O)c3ccc4c(c3)NC(=O)[C@H](C)O4)C2)cc1. The summed E-state index contributed by atoms with van der Waals surface area (Å²) in [5, 5.41) is 5.51. The van der Waals surface area contributed by atoms with Crippen LogP contribution in [0, 0.1) is 5.92 Å². The van der Waals surface area contributed by atoms with Crippen molar-refractivity contribution in [1.29, 1.82) is 0 Å². The van der Waals surface area contributed by atoms with Gasteiger partial charge < -0.3 is 20.1 Å². The molecule has 2 aromatic carbocycles. The Morgan fingerprint density at radius 3 is 2.69 bits per heavy atom. The molecule has 32 heavy (non-hydrogen) atoms. The highest BCUT2D eigenvalue weighted by Gasteiger charge is 2.34. The molecule has 2 atom stereocenters. The summed E-state index contributed by atoms with van der Waals surface area (Å²) in [4.78, 5) is 24.7. The van der Waals surface area contributed by atoms with Crippen molar-refractivity contribution in [1.82, 2.24) is 4.31 Å². The van der Waals surface area contributed by atoms with Crippen LogP contribution in [0.5, 0.6) is 11.5 Å². The van der Waals surface area contributed by atoms with Crippen LogP contribution in [-0.2, 0) is 19.6 Å². The molecular formula is C22H25N3O6S. The van der Waals surface area contributed by atoms with Gasteiger partial charge in [-0.05, 0) is 62.2 Å². The predicted molar refractivity (Wildman–Crippen MR) is 118 cm³/mol. The number of carbonyl (C=O) groups is 2. The van der Waals surface area contributed by atoms with Crippen LogP contribution >= 0.6 is 0 Å². The van der Waals surface area contributed by atoms with Crippen molar-refractivity contribution in [3.05, 3.63) is 42.5 Å². The normalized spacial score (nSPS) is 21.1. The van der Waals surface area contributed by atoms with E-state index in [0.29, 0.717) is 42.3 Å². The van der Waals surface area contributed by atoms with E-state index in [1.54, 1.807) is 38.3 Å². The van der Waals surface area contributed by atoms with Gasteiger partial charge in [-0.2, -0.15) is 4.31 Å². The number of piperidine rings is 1. The van der Waals surface area contributed by atoms with Crippen LogP contribution in [-0.4, -0.2) is 50.8 Å². The second kappa shape index (κ2) is 8.79. The third-order valence-electron chi connectivity index (χ3n) is 5.63. The molecule has 170 valence electrons. The summed E-state index contributed by atoms with van der Waals surface area (Å²) in [6, 6.07) is 11.3. The lowest BCUT2D eigenvalue weighted by molar-refractivity contribution is -0.123. The molecule has 0 bridgehead atoms. The number of amides is 2. The molecule has 0 spiro atoms. The third kappa shape index (κ3) is 4.42. The average Bonchev–Trinajstić information content (AvgIpc) is 2.80. The summed E-state index contributed by atoms with van der Waals surface area (Å²) >= 11 is 0. The smallest absolute Gasteiger partial charge is 0.265 e. The zero-order valence-electron chi connectivity index (χ0n) is 17.8. The zero-order chi connectivity index (χ0) is 22.9. The van der Waals surface area contributed by atoms with Crippen LogP contribution in [0.2, 0.25) is 0 Å². The fourth-order valence-corrected chi connectivity index (χ4v) is 5.34. The first-order chi connectivity index (χ1) is 15.3. The Kier molecular flexibility index (Phi) is 6.07. The minimum atomic E-state index is -3.84. The van der Waals surface area contributed by atoms with Crippen molar-refractivity contribution < 1.29 is 27.5 Å². The van der Waals surface area contributed by atoms with Crippen molar-refractivity contribution >= 4 is 33.2 Å². The summed E-state index contributed by atoms with van der Waals surface area (Å²) in [5.41, 5.74) is 0.940. The summed E-state index contributed by atoms with van der Waals surface area (Å²) in [6.45, 7) is 2.03. The number of hydrogen-bond acceptors (Lipinski definition) is 6. The van der Waals surface area contributed by atoms with Crippen molar-refractivity contribution in [2.75, 3.05) is 30.8 Å². The predicted octanol–water partition coefficient (Wildman–Crippen LogP) is 2.45. The minimum Gasteiger partial charge on any atom is -0.497 e. The number of ether oxygens (including phenoxy) is 2. The van der Waals surface area contributed by atoms with E-state index in [2.05, 4.69) is 10.6 Å². The number of methoxy groups -OCH3 is 1. The van der Waals surface area contributed by atoms with E-state index >= 15 is 0 Å². The van der Waals surface area contributed by atoms with Crippen molar-refractivity contribution in [2.45, 2.75) is 30.8 Å². The maximum Gasteiger partial charge on any atom is 0.265 e. The minimum absolute atomic E-state index is 0.0471. The van der Waals surface area contributed by atoms with Gasteiger partial charge in [0.1, 0.15) is 11.5 Å². The highest BCUT2D eigenvalue weighted by molar-refractivity contribution is 7.89. The van der Waals surface area contributed by atoms with E-state index in [-0.39, 0.29) is 23.3 Å². The number of rotatable bonds is 5. The van der Waals surface area contributed by atoms with Gasteiger partial charge in [0.05, 0.1) is 23.6 Å². The van der Waals surface area contributed by atoms with Gasteiger partial charge in [0.2, 0.25) is 15.9 Å². The first kappa shape index (κ1) is 22.1. The maximum atomic E-state index is 13.2. The van der Waals surface area contributed by atoms with Crippen LogP contribution in [0.3, 0.4) is 0 Å². The lowest BCUT2D eigenvalue weighted by Crippen LogP contribution is -2.43. The lowest BCUT2D eigenvalue weighted by atomic mass is 9.99. The maximum absolute atomic E-state index is 13.2. The molecule has 2 amide bonds. The molecule has 0 saturated carbocycles. The molecule has 2 aliphatic heterocycles. The molecule has 4 rings (SSSR count). The summed E-state index contributed by atoms with van der Waals surface area (Å²) < 4.78 is 38.4. The monoisotopic (exact) mass is 459 g/mol. The molecule has 10 heteroatoms. The van der Waals surface area contributed by atoms with Gasteiger partial charge in [0.15, 0.2) is 6.10 Å². The molecule has 1 saturated heterocycles. The van der Waals surface area contributed by atoms with Gasteiger partial charge in [-0.1, -0.05) is 0 Å². The van der Waals surface area contributed by atoms with E-state index < -0.39 is 22.0 Å². The van der Waals surface area contributed by atoms with Gasteiger partial charge in [0, 0.05) is 18.8 Å². The zero-order valence-corrected chi connectivity index (χ0v) is 18.6. The Labute approximate surface area is 186 Å². The van der Waals surface area contributed by atoms with Crippen molar-refractivity contribution in [2.24, 2.45) is 5.92 Å². The Bertz CT molecular complexity index is 1130. The van der Waals surface area contributed by atoms with E-state index in [1.807, 2.05) is 0 Å². The number of hydrogen-bond donors (Lipinski definition) is 2. The molecule has 0 unspecified atom stereocenters. The molecule has 1 fully saturated rings. The number of benzene rings is 2. The highest BCUT2D eigenvalue weighted by Crippen LogP contribution is 2.33. The summed E-state index contributed by atoms with van der Waals surface area (Å²) in [7, 11) is -2.28. The van der Waals surface area contributed by atoms with Crippen LogP contribution < -0.4 is 20.1 Å². The molecule has 2 aliphatic rings. The molecule has 2 aromatic rings. The number of fused-ring (bicyclic) bond motifs is 1. The number of carbonyl (C=O) groups excluding carboxylic acids is 2. The van der Waals surface area contributed by atoms with Crippen LogP contribution in [0.15, 0.2) is 47.4 Å². The Morgan fingerprint density at radius 1 is 1.22 bits per heavy atom. The fourth-order valence-electron chi connectivity index (χ4n) is 3.79. The quantitative estimate of drug-likeness (QED) is 0.710. The van der Waals surface area contributed by atoms with Crippen LogP contribution in [0.1, 0.15) is 19.8 Å². The van der Waals surface area contributed by atoms with Crippen molar-refractivity contribution in [3.8, 4) is 11.5 Å². The number of sulfonamides is 1. The Hall–Kier alpha value is -3.11. The second-order valence-electron chi connectivity index (χ2n) is 7.83. The number of nitrogens with zero attached hydrogens (tertiary/aromatic N) is 1. The second-order valence-corrected chi connectivity index (χ2v) is 9.77. The first-order valence-electron chi connectivity index (χ1n) is 10.3. The Morgan fingerprint density at radius 2 is 1.97 bits per heavy atom. The van der Waals surface area contributed by atoms with E-state index in [1.165, 1.54) is 22.5 Å².